The standard InChI is InChI=1S/C23H31F5O2/c1-3-4-15-6-12-19(29-13-15)16-7-9-17(10-8-16)30-23(27,28)18-11-5-14(2)21(24)20(18)22(25)26/h5,11,15-17,19,22H,3-4,6-10,12-13H2,1-2H3. The van der Waals surface area contributed by atoms with Crippen molar-refractivity contribution >= 4 is 0 Å². The SMILES string of the molecule is CCCC1CCC(C2CCC(OC(F)(F)c3ccc(C)c(F)c3C(F)F)CC2)OC1. The zero-order valence-corrected chi connectivity index (χ0v) is 17.6. The van der Waals surface area contributed by atoms with Gasteiger partial charge in [0.15, 0.2) is 0 Å². The van der Waals surface area contributed by atoms with Crippen molar-refractivity contribution in [1.82, 2.24) is 0 Å². The number of aryl methyl sites for hydroxylation is 1. The Labute approximate surface area is 175 Å². The molecule has 2 fully saturated rings. The van der Waals surface area contributed by atoms with Gasteiger partial charge in [-0.1, -0.05) is 19.4 Å². The predicted molar refractivity (Wildman–Crippen MR) is 104 cm³/mol. The molecule has 1 saturated carbocycles. The van der Waals surface area contributed by atoms with E-state index in [1.54, 1.807) is 0 Å². The van der Waals surface area contributed by atoms with Gasteiger partial charge < -0.3 is 9.47 Å². The Morgan fingerprint density at radius 1 is 1.10 bits per heavy atom. The first-order valence-corrected chi connectivity index (χ1v) is 11.0. The van der Waals surface area contributed by atoms with E-state index in [0.29, 0.717) is 37.5 Å². The van der Waals surface area contributed by atoms with Gasteiger partial charge in [0.25, 0.3) is 6.43 Å². The molecule has 0 bridgehead atoms. The van der Waals surface area contributed by atoms with E-state index < -0.39 is 35.6 Å². The molecule has 170 valence electrons. The van der Waals surface area contributed by atoms with Crippen LogP contribution < -0.4 is 0 Å². The topological polar surface area (TPSA) is 18.5 Å². The van der Waals surface area contributed by atoms with Crippen molar-refractivity contribution in [1.29, 1.82) is 0 Å². The van der Waals surface area contributed by atoms with Crippen LogP contribution in [0.4, 0.5) is 22.0 Å². The lowest BCUT2D eigenvalue weighted by Crippen LogP contribution is -2.37. The third kappa shape index (κ3) is 5.34. The molecule has 1 saturated heterocycles. The smallest absolute Gasteiger partial charge is 0.378 e. The Hall–Kier alpha value is -1.21. The molecule has 1 heterocycles. The number of benzene rings is 1. The zero-order chi connectivity index (χ0) is 21.9. The normalized spacial score (nSPS) is 28.1. The third-order valence-electron chi connectivity index (χ3n) is 6.57. The fraction of sp³-hybridized carbons (Fsp3) is 0.739. The lowest BCUT2D eigenvalue weighted by atomic mass is 9.80. The van der Waals surface area contributed by atoms with Crippen LogP contribution in [0, 0.1) is 24.6 Å². The maximum atomic E-state index is 14.7. The lowest BCUT2D eigenvalue weighted by Gasteiger charge is -2.38. The van der Waals surface area contributed by atoms with Crippen molar-refractivity contribution in [2.75, 3.05) is 6.61 Å². The second-order valence-corrected chi connectivity index (χ2v) is 8.73. The van der Waals surface area contributed by atoms with Gasteiger partial charge in [0, 0.05) is 6.61 Å². The lowest BCUT2D eigenvalue weighted by molar-refractivity contribution is -0.279. The van der Waals surface area contributed by atoms with Crippen molar-refractivity contribution in [3.8, 4) is 0 Å². The largest absolute Gasteiger partial charge is 0.384 e. The van der Waals surface area contributed by atoms with E-state index >= 15 is 0 Å². The molecule has 7 heteroatoms. The number of hydrogen-bond acceptors (Lipinski definition) is 2. The molecular formula is C23H31F5O2. The summed E-state index contributed by atoms with van der Waals surface area (Å²) in [4.78, 5) is 0. The minimum atomic E-state index is -3.97. The van der Waals surface area contributed by atoms with E-state index in [1.807, 2.05) is 0 Å². The molecule has 1 aromatic rings. The quantitative estimate of drug-likeness (QED) is 0.420. The number of ether oxygens (including phenoxy) is 2. The van der Waals surface area contributed by atoms with Crippen molar-refractivity contribution in [2.24, 2.45) is 11.8 Å². The van der Waals surface area contributed by atoms with Gasteiger partial charge in [-0.25, -0.2) is 13.2 Å². The van der Waals surface area contributed by atoms with Crippen molar-refractivity contribution in [3.63, 3.8) is 0 Å². The molecule has 30 heavy (non-hydrogen) atoms. The molecule has 2 nitrogen and oxygen atoms in total. The number of halogens is 5. The summed E-state index contributed by atoms with van der Waals surface area (Å²) in [6.45, 7) is 4.20. The summed E-state index contributed by atoms with van der Waals surface area (Å²) in [7, 11) is 0. The molecule has 2 atom stereocenters. The maximum absolute atomic E-state index is 14.7. The molecule has 0 N–H and O–H groups in total. The van der Waals surface area contributed by atoms with Gasteiger partial charge in [-0.15, -0.1) is 0 Å². The monoisotopic (exact) mass is 434 g/mol. The van der Waals surface area contributed by atoms with Gasteiger partial charge in [0.05, 0.1) is 23.3 Å². The van der Waals surface area contributed by atoms with Gasteiger partial charge >= 0.3 is 6.11 Å². The Morgan fingerprint density at radius 3 is 2.37 bits per heavy atom. The van der Waals surface area contributed by atoms with Gasteiger partial charge in [-0.3, -0.25) is 0 Å². The van der Waals surface area contributed by atoms with Crippen LogP contribution >= 0.6 is 0 Å². The summed E-state index contributed by atoms with van der Waals surface area (Å²) in [5.41, 5.74) is -2.45. The van der Waals surface area contributed by atoms with E-state index in [2.05, 4.69) is 6.92 Å². The second-order valence-electron chi connectivity index (χ2n) is 8.73. The summed E-state index contributed by atoms with van der Waals surface area (Å²) in [5, 5.41) is 0. The molecule has 1 aliphatic heterocycles. The Bertz CT molecular complexity index is 693. The molecule has 0 amide bonds. The van der Waals surface area contributed by atoms with Crippen LogP contribution in [-0.2, 0) is 15.6 Å². The highest BCUT2D eigenvalue weighted by molar-refractivity contribution is 5.36. The van der Waals surface area contributed by atoms with Gasteiger partial charge in [-0.2, -0.15) is 8.78 Å². The Morgan fingerprint density at radius 2 is 1.80 bits per heavy atom. The molecule has 0 spiro atoms. The average Bonchev–Trinajstić information content (AvgIpc) is 2.70. The zero-order valence-electron chi connectivity index (χ0n) is 17.6. The first-order chi connectivity index (χ1) is 14.2. The third-order valence-corrected chi connectivity index (χ3v) is 6.57. The fourth-order valence-corrected chi connectivity index (χ4v) is 4.85. The average molecular weight is 434 g/mol. The van der Waals surface area contributed by atoms with Crippen LogP contribution in [-0.4, -0.2) is 18.8 Å². The van der Waals surface area contributed by atoms with E-state index in [1.165, 1.54) is 13.3 Å². The molecule has 2 aliphatic rings. The molecule has 0 radical (unpaired) electrons. The molecule has 1 aliphatic carbocycles. The summed E-state index contributed by atoms with van der Waals surface area (Å²) in [5.74, 6) is -0.372. The van der Waals surface area contributed by atoms with Crippen LogP contribution in [0.1, 0.15) is 81.4 Å². The van der Waals surface area contributed by atoms with E-state index in [9.17, 15) is 22.0 Å². The van der Waals surface area contributed by atoms with E-state index in [-0.39, 0.29) is 11.7 Å². The van der Waals surface area contributed by atoms with Gasteiger partial charge in [0.2, 0.25) is 0 Å². The molecular weight excluding hydrogens is 403 g/mol. The van der Waals surface area contributed by atoms with Crippen LogP contribution in [0.5, 0.6) is 0 Å². The highest BCUT2D eigenvalue weighted by Gasteiger charge is 2.42. The second kappa shape index (κ2) is 9.94. The van der Waals surface area contributed by atoms with Crippen LogP contribution in [0.15, 0.2) is 12.1 Å². The first kappa shape index (κ1) is 23.5. The Kier molecular flexibility index (Phi) is 7.77. The molecule has 0 aromatic heterocycles. The van der Waals surface area contributed by atoms with Crippen molar-refractivity contribution < 1.29 is 31.4 Å². The fourth-order valence-electron chi connectivity index (χ4n) is 4.85. The molecule has 3 rings (SSSR count). The number of hydrogen-bond donors (Lipinski definition) is 0. The van der Waals surface area contributed by atoms with Crippen LogP contribution in [0.25, 0.3) is 0 Å². The Balaban J connectivity index is 1.58. The summed E-state index contributed by atoms with van der Waals surface area (Å²) in [6.07, 6.45) is -1.21. The van der Waals surface area contributed by atoms with Crippen LogP contribution in [0.3, 0.4) is 0 Å². The highest BCUT2D eigenvalue weighted by atomic mass is 19.3. The first-order valence-electron chi connectivity index (χ1n) is 11.0. The van der Waals surface area contributed by atoms with Gasteiger partial charge in [0.1, 0.15) is 5.82 Å². The summed E-state index contributed by atoms with van der Waals surface area (Å²) in [6, 6.07) is 1.92. The predicted octanol–water partition coefficient (Wildman–Crippen LogP) is 7.29. The molecule has 1 aromatic carbocycles. The van der Waals surface area contributed by atoms with E-state index in [4.69, 9.17) is 9.47 Å². The maximum Gasteiger partial charge on any atom is 0.384 e. The number of rotatable bonds is 7. The minimum absolute atomic E-state index is 0.0981. The summed E-state index contributed by atoms with van der Waals surface area (Å²) < 4.78 is 81.0. The summed E-state index contributed by atoms with van der Waals surface area (Å²) >= 11 is 0. The van der Waals surface area contributed by atoms with Crippen molar-refractivity contribution in [2.45, 2.75) is 90.0 Å². The van der Waals surface area contributed by atoms with E-state index in [0.717, 1.165) is 38.0 Å². The van der Waals surface area contributed by atoms with Crippen LogP contribution in [0.2, 0.25) is 0 Å². The highest BCUT2D eigenvalue weighted by Crippen LogP contribution is 2.42. The molecule has 2 unspecified atom stereocenters. The number of alkyl halides is 4. The van der Waals surface area contributed by atoms with Crippen molar-refractivity contribution in [3.05, 3.63) is 34.6 Å². The minimum Gasteiger partial charge on any atom is -0.378 e. The van der Waals surface area contributed by atoms with Gasteiger partial charge in [-0.05, 0) is 75.3 Å².